The largest absolute Gasteiger partial charge is 0.548 e. The maximum absolute atomic E-state index is 11.6. The number of quaternary nitrogens is 1. The minimum absolute atomic E-state index is 0.231. The van der Waals surface area contributed by atoms with Crippen LogP contribution in [0.5, 0.6) is 0 Å². The van der Waals surface area contributed by atoms with Crippen molar-refractivity contribution in [1.29, 1.82) is 0 Å². The van der Waals surface area contributed by atoms with E-state index in [1.807, 2.05) is 18.2 Å². The highest BCUT2D eigenvalue weighted by Gasteiger charge is 2.21. The van der Waals surface area contributed by atoms with Gasteiger partial charge < -0.3 is 20.1 Å². The first-order valence-electron chi connectivity index (χ1n) is 7.20. The highest BCUT2D eigenvalue weighted by Crippen LogP contribution is 2.03. The summed E-state index contributed by atoms with van der Waals surface area (Å²) in [5, 5.41) is 12.6. The fourth-order valence-electron chi connectivity index (χ4n) is 2.51. The molecule has 1 aliphatic rings. The average Bonchev–Trinajstić information content (AvgIpc) is 2.48. The Morgan fingerprint density at radius 1 is 1.19 bits per heavy atom. The van der Waals surface area contributed by atoms with Gasteiger partial charge >= 0.3 is 0 Å². The van der Waals surface area contributed by atoms with Gasteiger partial charge in [-0.05, 0) is 5.56 Å². The average molecular weight is 291 g/mol. The van der Waals surface area contributed by atoms with E-state index in [-0.39, 0.29) is 5.91 Å². The molecule has 2 N–H and O–H groups in total. The van der Waals surface area contributed by atoms with E-state index < -0.39 is 12.5 Å². The van der Waals surface area contributed by atoms with Crippen LogP contribution in [-0.4, -0.2) is 56.0 Å². The lowest BCUT2D eigenvalue weighted by Gasteiger charge is -2.31. The van der Waals surface area contributed by atoms with Crippen LogP contribution in [0.25, 0.3) is 0 Å². The van der Waals surface area contributed by atoms with Crippen LogP contribution in [0.2, 0.25) is 0 Å². The summed E-state index contributed by atoms with van der Waals surface area (Å²) in [4.78, 5) is 25.4. The van der Waals surface area contributed by atoms with Crippen molar-refractivity contribution in [3.63, 3.8) is 0 Å². The van der Waals surface area contributed by atoms with Crippen LogP contribution in [-0.2, 0) is 16.1 Å². The Bertz CT molecular complexity index is 470. The zero-order valence-electron chi connectivity index (χ0n) is 12.0. The third-order valence-corrected chi connectivity index (χ3v) is 3.65. The van der Waals surface area contributed by atoms with E-state index in [0.717, 1.165) is 32.7 Å². The molecule has 0 atom stereocenters. The number of aliphatic carboxylic acids is 1. The van der Waals surface area contributed by atoms with Crippen LogP contribution in [0.1, 0.15) is 5.56 Å². The van der Waals surface area contributed by atoms with Gasteiger partial charge in [-0.3, -0.25) is 9.69 Å². The molecule has 0 bridgehead atoms. The third kappa shape index (κ3) is 5.53. The van der Waals surface area contributed by atoms with E-state index in [4.69, 9.17) is 0 Å². The van der Waals surface area contributed by atoms with E-state index >= 15 is 0 Å². The highest BCUT2D eigenvalue weighted by molar-refractivity contribution is 5.81. The van der Waals surface area contributed by atoms with Crippen molar-refractivity contribution in [1.82, 2.24) is 10.2 Å². The maximum atomic E-state index is 11.6. The summed E-state index contributed by atoms with van der Waals surface area (Å²) in [5.41, 5.74) is 1.30. The second-order valence-corrected chi connectivity index (χ2v) is 5.34. The van der Waals surface area contributed by atoms with Gasteiger partial charge in [-0.25, -0.2) is 0 Å². The van der Waals surface area contributed by atoms with E-state index in [9.17, 15) is 14.7 Å². The molecule has 1 aliphatic heterocycles. The highest BCUT2D eigenvalue weighted by atomic mass is 16.4. The van der Waals surface area contributed by atoms with Gasteiger partial charge in [0.05, 0.1) is 25.6 Å². The molecule has 2 rings (SSSR count). The molecule has 0 saturated carbocycles. The first kappa shape index (κ1) is 15.5. The van der Waals surface area contributed by atoms with Gasteiger partial charge in [-0.2, -0.15) is 0 Å². The number of carbonyl (C=O) groups is 2. The Morgan fingerprint density at radius 2 is 1.86 bits per heavy atom. The van der Waals surface area contributed by atoms with Gasteiger partial charge in [0.15, 0.2) is 6.54 Å². The SMILES string of the molecule is O=C([O-])CNC(=O)C[NH+]1CCN(Cc2ccccc2)CC1. The first-order chi connectivity index (χ1) is 10.1. The summed E-state index contributed by atoms with van der Waals surface area (Å²) in [5.74, 6) is -1.49. The fourth-order valence-corrected chi connectivity index (χ4v) is 2.51. The predicted molar refractivity (Wildman–Crippen MR) is 75.3 cm³/mol. The van der Waals surface area contributed by atoms with Crippen molar-refractivity contribution in [3.05, 3.63) is 35.9 Å². The zero-order chi connectivity index (χ0) is 15.1. The van der Waals surface area contributed by atoms with Crippen LogP contribution in [0.15, 0.2) is 30.3 Å². The summed E-state index contributed by atoms with van der Waals surface area (Å²) in [6, 6.07) is 10.3. The molecule has 0 aliphatic carbocycles. The predicted octanol–water partition coefficient (Wildman–Crippen LogP) is -2.75. The number of hydrogen-bond acceptors (Lipinski definition) is 4. The van der Waals surface area contributed by atoms with Crippen molar-refractivity contribution in [2.24, 2.45) is 0 Å². The smallest absolute Gasteiger partial charge is 0.275 e. The molecule has 6 nitrogen and oxygen atoms in total. The van der Waals surface area contributed by atoms with Crippen LogP contribution < -0.4 is 15.3 Å². The van der Waals surface area contributed by atoms with E-state index in [1.54, 1.807) is 0 Å². The minimum atomic E-state index is -1.26. The number of amides is 1. The molecule has 1 amide bonds. The monoisotopic (exact) mass is 291 g/mol. The van der Waals surface area contributed by atoms with Gasteiger partial charge in [0.2, 0.25) is 0 Å². The van der Waals surface area contributed by atoms with Crippen LogP contribution in [0.4, 0.5) is 0 Å². The molecule has 1 saturated heterocycles. The van der Waals surface area contributed by atoms with Gasteiger partial charge in [0.1, 0.15) is 0 Å². The Labute approximate surface area is 124 Å². The van der Waals surface area contributed by atoms with Crippen LogP contribution in [0, 0.1) is 0 Å². The lowest BCUT2D eigenvalue weighted by Crippen LogP contribution is -3.15. The molecule has 1 aromatic rings. The topological polar surface area (TPSA) is 76.9 Å². The van der Waals surface area contributed by atoms with Gasteiger partial charge in [0.25, 0.3) is 5.91 Å². The summed E-state index contributed by atoms with van der Waals surface area (Å²) < 4.78 is 0. The Balaban J connectivity index is 1.68. The Kier molecular flexibility index (Phi) is 5.71. The molecule has 0 spiro atoms. The van der Waals surface area contributed by atoms with Crippen molar-refractivity contribution >= 4 is 11.9 Å². The molecule has 0 radical (unpaired) electrons. The molecule has 0 unspecified atom stereocenters. The quantitative estimate of drug-likeness (QED) is 0.596. The zero-order valence-corrected chi connectivity index (χ0v) is 12.0. The van der Waals surface area contributed by atoms with E-state index in [1.165, 1.54) is 10.5 Å². The minimum Gasteiger partial charge on any atom is -0.548 e. The van der Waals surface area contributed by atoms with Crippen molar-refractivity contribution in [2.75, 3.05) is 39.3 Å². The van der Waals surface area contributed by atoms with Crippen LogP contribution >= 0.6 is 0 Å². The van der Waals surface area contributed by atoms with Gasteiger partial charge in [-0.15, -0.1) is 0 Å². The standard InChI is InChI=1S/C15H21N3O3/c19-14(16-10-15(20)21)12-18-8-6-17(7-9-18)11-13-4-2-1-3-5-13/h1-5H,6-12H2,(H,16,19)(H,20,21). The van der Waals surface area contributed by atoms with Gasteiger partial charge in [0, 0.05) is 19.6 Å². The Hall–Kier alpha value is -1.92. The molecule has 1 heterocycles. The van der Waals surface area contributed by atoms with Gasteiger partial charge in [-0.1, -0.05) is 30.3 Å². The summed E-state index contributed by atoms with van der Waals surface area (Å²) in [6.07, 6.45) is 0. The van der Waals surface area contributed by atoms with E-state index in [0.29, 0.717) is 6.54 Å². The van der Waals surface area contributed by atoms with E-state index in [2.05, 4.69) is 22.3 Å². The fraction of sp³-hybridized carbons (Fsp3) is 0.467. The first-order valence-corrected chi connectivity index (χ1v) is 7.20. The lowest BCUT2D eigenvalue weighted by molar-refractivity contribution is -0.896. The van der Waals surface area contributed by atoms with Crippen LogP contribution in [0.3, 0.4) is 0 Å². The molecule has 6 heteroatoms. The normalized spacial score (nSPS) is 16.6. The third-order valence-electron chi connectivity index (χ3n) is 3.65. The molecular weight excluding hydrogens is 270 g/mol. The molecule has 1 aromatic carbocycles. The second kappa shape index (κ2) is 7.75. The van der Waals surface area contributed by atoms with Crippen molar-refractivity contribution in [3.8, 4) is 0 Å². The number of nitrogens with zero attached hydrogens (tertiary/aromatic N) is 1. The molecule has 114 valence electrons. The lowest BCUT2D eigenvalue weighted by atomic mass is 10.2. The second-order valence-electron chi connectivity index (χ2n) is 5.34. The summed E-state index contributed by atoms with van der Waals surface area (Å²) in [7, 11) is 0. The Morgan fingerprint density at radius 3 is 2.48 bits per heavy atom. The molecular formula is C15H21N3O3. The number of benzene rings is 1. The number of carboxylic acid groups (broad SMARTS) is 1. The number of rotatable bonds is 6. The van der Waals surface area contributed by atoms with Crippen molar-refractivity contribution in [2.45, 2.75) is 6.54 Å². The number of hydrogen-bond donors (Lipinski definition) is 2. The molecule has 1 fully saturated rings. The summed E-state index contributed by atoms with van der Waals surface area (Å²) >= 11 is 0. The van der Waals surface area contributed by atoms with Crippen molar-refractivity contribution < 1.29 is 19.6 Å². The number of nitrogens with one attached hydrogen (secondary N) is 2. The molecule has 21 heavy (non-hydrogen) atoms. The molecule has 0 aromatic heterocycles. The summed E-state index contributed by atoms with van der Waals surface area (Å²) in [6.45, 7) is 4.52. The maximum Gasteiger partial charge on any atom is 0.275 e. The number of carbonyl (C=O) groups excluding carboxylic acids is 2. The number of carboxylic acids is 1. The number of piperazine rings is 1.